The van der Waals surface area contributed by atoms with Crippen LogP contribution in [0.3, 0.4) is 0 Å². The van der Waals surface area contributed by atoms with Crippen molar-refractivity contribution >= 4 is 11.6 Å². The zero-order valence-corrected chi connectivity index (χ0v) is 11.1. The minimum atomic E-state index is -0.377. The molecule has 0 fully saturated rings. The first-order valence-electron chi connectivity index (χ1n) is 5.36. The van der Waals surface area contributed by atoms with Crippen LogP contribution in [0.5, 0.6) is 0 Å². The molecule has 2 rings (SSSR count). The van der Waals surface area contributed by atoms with E-state index in [-0.39, 0.29) is 17.8 Å². The van der Waals surface area contributed by atoms with Gasteiger partial charge < -0.3 is 4.57 Å². The van der Waals surface area contributed by atoms with Gasteiger partial charge in [-0.2, -0.15) is 5.10 Å². The molecule has 18 heavy (non-hydrogen) atoms. The molecule has 0 N–H and O–H groups in total. The summed E-state index contributed by atoms with van der Waals surface area (Å²) in [4.78, 5) is 23.6. The number of nitrogens with zero attached hydrogens (tertiary/aromatic N) is 4. The van der Waals surface area contributed by atoms with Crippen molar-refractivity contribution in [1.82, 2.24) is 18.9 Å². The van der Waals surface area contributed by atoms with Crippen molar-refractivity contribution in [3.63, 3.8) is 0 Å². The van der Waals surface area contributed by atoms with Gasteiger partial charge in [-0.3, -0.25) is 14.0 Å². The Morgan fingerprint density at radius 2 is 2.00 bits per heavy atom. The topological polar surface area (TPSA) is 61.8 Å². The highest BCUT2D eigenvalue weighted by Crippen LogP contribution is 2.19. The molecule has 0 spiro atoms. The molecule has 0 atom stereocenters. The summed E-state index contributed by atoms with van der Waals surface area (Å²) in [5, 5.41) is 4.63. The van der Waals surface area contributed by atoms with Crippen LogP contribution in [0.2, 0.25) is 5.02 Å². The smallest absolute Gasteiger partial charge is 0.303 e. The Bertz CT molecular complexity index is 711. The fourth-order valence-electron chi connectivity index (χ4n) is 1.76. The molecule has 0 aliphatic carbocycles. The Labute approximate surface area is 108 Å². The van der Waals surface area contributed by atoms with Crippen LogP contribution in [-0.2, 0) is 20.6 Å². The number of hydrogen-bond acceptors (Lipinski definition) is 3. The summed E-state index contributed by atoms with van der Waals surface area (Å²) in [6, 6.07) is 1.35. The molecule has 0 amide bonds. The largest absolute Gasteiger partial charge is 0.331 e. The summed E-state index contributed by atoms with van der Waals surface area (Å²) in [7, 11) is 3.32. The van der Waals surface area contributed by atoms with Crippen LogP contribution in [0.25, 0.3) is 0 Å². The highest BCUT2D eigenvalue weighted by Gasteiger charge is 2.13. The maximum Gasteiger partial charge on any atom is 0.331 e. The van der Waals surface area contributed by atoms with Crippen molar-refractivity contribution < 1.29 is 0 Å². The van der Waals surface area contributed by atoms with Crippen LogP contribution in [0.4, 0.5) is 0 Å². The summed E-state index contributed by atoms with van der Waals surface area (Å²) in [6.07, 6.45) is 1.44. The first kappa shape index (κ1) is 12.6. The van der Waals surface area contributed by atoms with Gasteiger partial charge in [0.2, 0.25) is 0 Å². The van der Waals surface area contributed by atoms with Crippen molar-refractivity contribution in [2.45, 2.75) is 13.5 Å². The SMILES string of the molecule is Cc1nn(C)c(Cn2c(=O)ccn(C)c2=O)c1Cl. The molecule has 0 aromatic carbocycles. The molecule has 0 saturated heterocycles. The first-order chi connectivity index (χ1) is 8.41. The van der Waals surface area contributed by atoms with E-state index in [9.17, 15) is 9.59 Å². The molecular weight excluding hydrogens is 256 g/mol. The number of hydrogen-bond donors (Lipinski definition) is 0. The van der Waals surface area contributed by atoms with E-state index in [1.54, 1.807) is 25.7 Å². The fourth-order valence-corrected chi connectivity index (χ4v) is 1.98. The lowest BCUT2D eigenvalue weighted by molar-refractivity contribution is 0.599. The molecule has 0 bridgehead atoms. The molecule has 0 aliphatic heterocycles. The van der Waals surface area contributed by atoms with E-state index in [4.69, 9.17) is 11.6 Å². The Hall–Kier alpha value is -1.82. The van der Waals surface area contributed by atoms with E-state index >= 15 is 0 Å². The third kappa shape index (κ3) is 1.99. The summed E-state index contributed by atoms with van der Waals surface area (Å²) in [5.74, 6) is 0. The summed E-state index contributed by atoms with van der Waals surface area (Å²) in [5.41, 5.74) is 0.583. The minimum Gasteiger partial charge on any atom is -0.303 e. The van der Waals surface area contributed by atoms with Gasteiger partial charge in [0.05, 0.1) is 23.0 Å². The van der Waals surface area contributed by atoms with Gasteiger partial charge in [-0.25, -0.2) is 4.79 Å². The van der Waals surface area contributed by atoms with Gasteiger partial charge >= 0.3 is 5.69 Å². The Morgan fingerprint density at radius 1 is 1.33 bits per heavy atom. The standard InChI is InChI=1S/C11H13ClN4O2/c1-7-10(12)8(15(3)13-7)6-16-9(17)4-5-14(2)11(16)18/h4-5H,6H2,1-3H3. The van der Waals surface area contributed by atoms with E-state index in [1.807, 2.05) is 0 Å². The predicted octanol–water partition coefficient (Wildman–Crippen LogP) is 0.291. The molecule has 2 aromatic rings. The van der Waals surface area contributed by atoms with Crippen molar-refractivity contribution in [3.8, 4) is 0 Å². The summed E-state index contributed by atoms with van der Waals surface area (Å²) in [6.45, 7) is 1.89. The monoisotopic (exact) mass is 268 g/mol. The van der Waals surface area contributed by atoms with Gasteiger partial charge in [0.15, 0.2) is 0 Å². The van der Waals surface area contributed by atoms with E-state index in [1.165, 1.54) is 16.8 Å². The van der Waals surface area contributed by atoms with Crippen LogP contribution in [0, 0.1) is 6.92 Å². The van der Waals surface area contributed by atoms with Gasteiger partial charge in [-0.1, -0.05) is 11.6 Å². The molecule has 96 valence electrons. The third-order valence-corrected chi connectivity index (χ3v) is 3.30. The number of aryl methyl sites for hydroxylation is 3. The number of halogens is 1. The van der Waals surface area contributed by atoms with Crippen molar-refractivity contribution in [3.05, 3.63) is 49.5 Å². The number of rotatable bonds is 2. The fraction of sp³-hybridized carbons (Fsp3) is 0.364. The molecule has 2 heterocycles. The maximum absolute atomic E-state index is 11.9. The van der Waals surface area contributed by atoms with E-state index in [2.05, 4.69) is 5.10 Å². The highest BCUT2D eigenvalue weighted by atomic mass is 35.5. The molecular formula is C11H13ClN4O2. The average molecular weight is 269 g/mol. The van der Waals surface area contributed by atoms with E-state index < -0.39 is 0 Å². The zero-order chi connectivity index (χ0) is 13.4. The minimum absolute atomic E-state index is 0.114. The van der Waals surface area contributed by atoms with Gasteiger partial charge in [0.25, 0.3) is 5.56 Å². The lowest BCUT2D eigenvalue weighted by Gasteiger charge is -2.07. The van der Waals surface area contributed by atoms with Crippen LogP contribution in [-0.4, -0.2) is 18.9 Å². The first-order valence-corrected chi connectivity index (χ1v) is 5.74. The van der Waals surface area contributed by atoms with Crippen molar-refractivity contribution in [1.29, 1.82) is 0 Å². The van der Waals surface area contributed by atoms with Crippen LogP contribution < -0.4 is 11.2 Å². The van der Waals surface area contributed by atoms with E-state index in [0.29, 0.717) is 16.4 Å². The molecule has 0 aliphatic rings. The normalized spacial score (nSPS) is 10.9. The van der Waals surface area contributed by atoms with Crippen LogP contribution in [0.15, 0.2) is 21.9 Å². The molecule has 7 heteroatoms. The van der Waals surface area contributed by atoms with Crippen molar-refractivity contribution in [2.24, 2.45) is 14.1 Å². The Morgan fingerprint density at radius 3 is 2.56 bits per heavy atom. The lowest BCUT2D eigenvalue weighted by atomic mass is 10.3. The van der Waals surface area contributed by atoms with Crippen LogP contribution >= 0.6 is 11.6 Å². The number of aromatic nitrogens is 4. The lowest BCUT2D eigenvalue weighted by Crippen LogP contribution is -2.38. The Balaban J connectivity index is 2.57. The van der Waals surface area contributed by atoms with Gasteiger partial charge in [-0.05, 0) is 6.92 Å². The predicted molar refractivity (Wildman–Crippen MR) is 68.0 cm³/mol. The molecule has 6 nitrogen and oxygen atoms in total. The highest BCUT2D eigenvalue weighted by molar-refractivity contribution is 6.31. The molecule has 0 saturated carbocycles. The third-order valence-electron chi connectivity index (χ3n) is 2.81. The zero-order valence-electron chi connectivity index (χ0n) is 10.3. The van der Waals surface area contributed by atoms with Gasteiger partial charge in [0, 0.05) is 26.4 Å². The quantitative estimate of drug-likeness (QED) is 0.787. The maximum atomic E-state index is 11.9. The van der Waals surface area contributed by atoms with Crippen molar-refractivity contribution in [2.75, 3.05) is 0 Å². The van der Waals surface area contributed by atoms with Gasteiger partial charge in [0.1, 0.15) is 0 Å². The second-order valence-electron chi connectivity index (χ2n) is 4.10. The second-order valence-corrected chi connectivity index (χ2v) is 4.48. The summed E-state index contributed by atoms with van der Waals surface area (Å²) < 4.78 is 4.05. The molecule has 0 unspecified atom stereocenters. The second kappa shape index (κ2) is 4.45. The van der Waals surface area contributed by atoms with Gasteiger partial charge in [-0.15, -0.1) is 0 Å². The molecule has 0 radical (unpaired) electrons. The summed E-state index contributed by atoms with van der Waals surface area (Å²) >= 11 is 6.10. The van der Waals surface area contributed by atoms with Crippen LogP contribution in [0.1, 0.15) is 11.4 Å². The molecule has 2 aromatic heterocycles. The Kier molecular flexibility index (Phi) is 3.13. The van der Waals surface area contributed by atoms with E-state index in [0.717, 1.165) is 4.57 Å². The average Bonchev–Trinajstić information content (AvgIpc) is 2.55.